The van der Waals surface area contributed by atoms with E-state index in [1.807, 2.05) is 0 Å². The molecule has 0 aliphatic heterocycles. The van der Waals surface area contributed by atoms with Crippen LogP contribution in [0.15, 0.2) is 38.3 Å². The van der Waals surface area contributed by atoms with Crippen molar-refractivity contribution in [2.24, 2.45) is 5.73 Å². The Morgan fingerprint density at radius 2 is 2.11 bits per heavy atom. The smallest absolute Gasteiger partial charge is 0.271 e. The molecular weight excluding hydrogens is 372 g/mol. The molecule has 102 valence electrons. The zero-order chi connectivity index (χ0) is 14.0. The van der Waals surface area contributed by atoms with Gasteiger partial charge in [-0.3, -0.25) is 4.72 Å². The van der Waals surface area contributed by atoms with E-state index in [2.05, 4.69) is 20.7 Å². The van der Waals surface area contributed by atoms with Crippen molar-refractivity contribution >= 4 is 54.6 Å². The number of benzene rings is 1. The van der Waals surface area contributed by atoms with Gasteiger partial charge in [-0.2, -0.15) is 0 Å². The lowest BCUT2D eigenvalue weighted by Crippen LogP contribution is -2.12. The minimum Gasteiger partial charge on any atom is -0.326 e. The van der Waals surface area contributed by atoms with Crippen molar-refractivity contribution in [3.8, 4) is 0 Å². The second-order valence-corrected chi connectivity index (χ2v) is 7.82. The van der Waals surface area contributed by atoms with Gasteiger partial charge >= 0.3 is 0 Å². The molecule has 0 saturated carbocycles. The predicted molar refractivity (Wildman–Crippen MR) is 82.2 cm³/mol. The van der Waals surface area contributed by atoms with Crippen LogP contribution in [0.4, 0.5) is 5.69 Å². The number of hydrogen-bond acceptors (Lipinski definition) is 4. The molecule has 0 aliphatic carbocycles. The third-order valence-electron chi connectivity index (χ3n) is 2.30. The Hall–Kier alpha value is -0.600. The van der Waals surface area contributed by atoms with Crippen molar-refractivity contribution in [1.82, 2.24) is 0 Å². The van der Waals surface area contributed by atoms with Crippen molar-refractivity contribution in [2.45, 2.75) is 10.8 Å². The number of thiophene rings is 1. The summed E-state index contributed by atoms with van der Waals surface area (Å²) < 4.78 is 27.7. The van der Waals surface area contributed by atoms with Crippen molar-refractivity contribution in [1.29, 1.82) is 0 Å². The van der Waals surface area contributed by atoms with Crippen LogP contribution < -0.4 is 10.5 Å². The summed E-state index contributed by atoms with van der Waals surface area (Å²) in [4.78, 5) is 0. The van der Waals surface area contributed by atoms with Gasteiger partial charge < -0.3 is 5.73 Å². The Morgan fingerprint density at radius 3 is 2.74 bits per heavy atom. The standard InChI is InChI=1S/C11H10BrClN2O2S2/c12-9-2-1-8(13)4-10(9)15-19(16,17)11-3-7(5-14)6-18-11/h1-4,6,15H,5,14H2. The lowest BCUT2D eigenvalue weighted by molar-refractivity contribution is 0.603. The first kappa shape index (κ1) is 14.8. The maximum atomic E-state index is 12.2. The van der Waals surface area contributed by atoms with Crippen LogP contribution in [-0.4, -0.2) is 8.42 Å². The number of halogens is 2. The molecule has 1 aromatic carbocycles. The molecule has 0 aliphatic rings. The van der Waals surface area contributed by atoms with E-state index in [9.17, 15) is 8.42 Å². The van der Waals surface area contributed by atoms with Gasteiger partial charge in [-0.05, 0) is 51.1 Å². The summed E-state index contributed by atoms with van der Waals surface area (Å²) in [5.41, 5.74) is 6.66. The fourth-order valence-corrected chi connectivity index (χ4v) is 4.31. The molecule has 1 heterocycles. The summed E-state index contributed by atoms with van der Waals surface area (Å²) in [6, 6.07) is 6.45. The van der Waals surface area contributed by atoms with E-state index in [0.717, 1.165) is 16.9 Å². The van der Waals surface area contributed by atoms with Crippen LogP contribution in [0.1, 0.15) is 5.56 Å². The lowest BCUT2D eigenvalue weighted by atomic mass is 10.3. The predicted octanol–water partition coefficient (Wildman–Crippen LogP) is 3.42. The number of nitrogens with one attached hydrogen (secondary N) is 1. The Kier molecular flexibility index (Phi) is 4.52. The first-order valence-electron chi connectivity index (χ1n) is 5.18. The average Bonchev–Trinajstić information content (AvgIpc) is 2.83. The van der Waals surface area contributed by atoms with Gasteiger partial charge in [-0.1, -0.05) is 11.6 Å². The van der Waals surface area contributed by atoms with Crippen molar-refractivity contribution < 1.29 is 8.42 Å². The highest BCUT2D eigenvalue weighted by molar-refractivity contribution is 9.10. The number of anilines is 1. The summed E-state index contributed by atoms with van der Waals surface area (Å²) in [6.07, 6.45) is 0. The fourth-order valence-electron chi connectivity index (χ4n) is 1.37. The summed E-state index contributed by atoms with van der Waals surface area (Å²) in [7, 11) is -3.62. The second-order valence-electron chi connectivity index (χ2n) is 3.71. The molecule has 0 amide bonds. The van der Waals surface area contributed by atoms with Crippen molar-refractivity contribution in [3.63, 3.8) is 0 Å². The molecule has 0 saturated heterocycles. The molecule has 2 rings (SSSR count). The van der Waals surface area contributed by atoms with Crippen LogP contribution >= 0.6 is 38.9 Å². The summed E-state index contributed by atoms with van der Waals surface area (Å²) >= 11 is 10.3. The van der Waals surface area contributed by atoms with E-state index < -0.39 is 10.0 Å². The number of hydrogen-bond donors (Lipinski definition) is 2. The van der Waals surface area contributed by atoms with E-state index in [-0.39, 0.29) is 4.21 Å². The number of nitrogens with two attached hydrogens (primary N) is 1. The first-order valence-corrected chi connectivity index (χ1v) is 8.71. The van der Waals surface area contributed by atoms with Crippen LogP contribution in [0, 0.1) is 0 Å². The lowest BCUT2D eigenvalue weighted by Gasteiger charge is -2.08. The Morgan fingerprint density at radius 1 is 1.37 bits per heavy atom. The SMILES string of the molecule is NCc1csc(S(=O)(=O)Nc2cc(Cl)ccc2Br)c1. The van der Waals surface area contributed by atoms with Gasteiger partial charge in [-0.15, -0.1) is 11.3 Å². The Bertz CT molecular complexity index is 700. The Balaban J connectivity index is 2.33. The van der Waals surface area contributed by atoms with Crippen LogP contribution in [-0.2, 0) is 16.6 Å². The van der Waals surface area contributed by atoms with E-state index in [4.69, 9.17) is 17.3 Å². The number of rotatable bonds is 4. The molecule has 0 fully saturated rings. The topological polar surface area (TPSA) is 72.2 Å². The first-order chi connectivity index (χ1) is 8.92. The summed E-state index contributed by atoms with van der Waals surface area (Å²) in [5.74, 6) is 0. The van der Waals surface area contributed by atoms with Crippen LogP contribution in [0.2, 0.25) is 5.02 Å². The molecular formula is C11H10BrClN2O2S2. The fraction of sp³-hybridized carbons (Fsp3) is 0.0909. The molecule has 0 atom stereocenters. The summed E-state index contributed by atoms with van der Waals surface area (Å²) in [5, 5.41) is 2.18. The zero-order valence-corrected chi connectivity index (χ0v) is 13.5. The largest absolute Gasteiger partial charge is 0.326 e. The molecule has 2 aromatic rings. The van der Waals surface area contributed by atoms with Gasteiger partial charge in [-0.25, -0.2) is 8.42 Å². The highest BCUT2D eigenvalue weighted by Crippen LogP contribution is 2.29. The van der Waals surface area contributed by atoms with Crippen LogP contribution in [0.25, 0.3) is 0 Å². The maximum absolute atomic E-state index is 12.2. The zero-order valence-electron chi connectivity index (χ0n) is 9.56. The number of sulfonamides is 1. The Labute approximate surface area is 128 Å². The van der Waals surface area contributed by atoms with Crippen LogP contribution in [0.3, 0.4) is 0 Å². The minimum atomic E-state index is -3.62. The van der Waals surface area contributed by atoms with E-state index >= 15 is 0 Å². The summed E-state index contributed by atoms with van der Waals surface area (Å²) in [6.45, 7) is 0.312. The third kappa shape index (κ3) is 3.49. The second kappa shape index (κ2) is 5.80. The van der Waals surface area contributed by atoms with Gasteiger partial charge in [0.05, 0.1) is 5.69 Å². The third-order valence-corrected chi connectivity index (χ3v) is 6.08. The molecule has 19 heavy (non-hydrogen) atoms. The van der Waals surface area contributed by atoms with Crippen LogP contribution in [0.5, 0.6) is 0 Å². The molecule has 0 unspecified atom stereocenters. The minimum absolute atomic E-state index is 0.222. The monoisotopic (exact) mass is 380 g/mol. The molecule has 8 heteroatoms. The molecule has 0 radical (unpaired) electrons. The van der Waals surface area contributed by atoms with Crippen molar-refractivity contribution in [2.75, 3.05) is 4.72 Å². The van der Waals surface area contributed by atoms with Gasteiger partial charge in [0, 0.05) is 16.0 Å². The molecule has 1 aromatic heterocycles. The molecule has 4 nitrogen and oxygen atoms in total. The van der Waals surface area contributed by atoms with Gasteiger partial charge in [0.25, 0.3) is 10.0 Å². The van der Waals surface area contributed by atoms with E-state index in [1.165, 1.54) is 0 Å². The van der Waals surface area contributed by atoms with Crippen molar-refractivity contribution in [3.05, 3.63) is 44.7 Å². The molecule has 0 spiro atoms. The van der Waals surface area contributed by atoms with Gasteiger partial charge in [0.2, 0.25) is 0 Å². The van der Waals surface area contributed by atoms with Gasteiger partial charge in [0.1, 0.15) is 4.21 Å². The average molecular weight is 382 g/mol. The normalized spacial score (nSPS) is 11.5. The quantitative estimate of drug-likeness (QED) is 0.852. The molecule has 3 N–H and O–H groups in total. The van der Waals surface area contributed by atoms with Gasteiger partial charge in [0.15, 0.2) is 0 Å². The highest BCUT2D eigenvalue weighted by atomic mass is 79.9. The molecule has 0 bridgehead atoms. The van der Waals surface area contributed by atoms with E-state index in [1.54, 1.807) is 29.6 Å². The van der Waals surface area contributed by atoms with E-state index in [0.29, 0.717) is 21.7 Å². The highest BCUT2D eigenvalue weighted by Gasteiger charge is 2.18. The maximum Gasteiger partial charge on any atom is 0.271 e.